The first-order valence-corrected chi connectivity index (χ1v) is 6.34. The highest BCUT2D eigenvalue weighted by Gasteiger charge is 2.11. The van der Waals surface area contributed by atoms with Crippen LogP contribution in [0.25, 0.3) is 0 Å². The van der Waals surface area contributed by atoms with E-state index >= 15 is 0 Å². The summed E-state index contributed by atoms with van der Waals surface area (Å²) < 4.78 is 5.24. The summed E-state index contributed by atoms with van der Waals surface area (Å²) >= 11 is 0. The SMILES string of the molecule is CCCCc1noc(CC(CC)NCC)n1. The molecule has 0 aromatic carbocycles. The minimum Gasteiger partial charge on any atom is -0.339 e. The van der Waals surface area contributed by atoms with Crippen molar-refractivity contribution in [3.63, 3.8) is 0 Å². The van der Waals surface area contributed by atoms with E-state index in [0.29, 0.717) is 6.04 Å². The van der Waals surface area contributed by atoms with Gasteiger partial charge in [0.2, 0.25) is 5.89 Å². The van der Waals surface area contributed by atoms with E-state index in [1.807, 2.05) is 0 Å². The lowest BCUT2D eigenvalue weighted by molar-refractivity contribution is 0.351. The Morgan fingerprint density at radius 1 is 1.31 bits per heavy atom. The average molecular weight is 225 g/mol. The molecule has 1 aromatic rings. The predicted molar refractivity (Wildman–Crippen MR) is 64.4 cm³/mol. The van der Waals surface area contributed by atoms with Crippen molar-refractivity contribution in [2.75, 3.05) is 6.54 Å². The first kappa shape index (κ1) is 13.2. The maximum absolute atomic E-state index is 5.24. The topological polar surface area (TPSA) is 51.0 Å². The van der Waals surface area contributed by atoms with Crippen molar-refractivity contribution >= 4 is 0 Å². The van der Waals surface area contributed by atoms with Gasteiger partial charge in [0.1, 0.15) is 0 Å². The number of aromatic nitrogens is 2. The molecule has 4 heteroatoms. The molecule has 0 saturated carbocycles. The molecule has 4 nitrogen and oxygen atoms in total. The van der Waals surface area contributed by atoms with Crippen molar-refractivity contribution in [1.82, 2.24) is 15.5 Å². The maximum atomic E-state index is 5.24. The summed E-state index contributed by atoms with van der Waals surface area (Å²) in [4.78, 5) is 4.40. The van der Waals surface area contributed by atoms with Crippen molar-refractivity contribution in [3.8, 4) is 0 Å². The maximum Gasteiger partial charge on any atom is 0.228 e. The van der Waals surface area contributed by atoms with E-state index in [9.17, 15) is 0 Å². The molecule has 1 heterocycles. The highest BCUT2D eigenvalue weighted by Crippen LogP contribution is 2.06. The Balaban J connectivity index is 2.43. The fourth-order valence-electron chi connectivity index (χ4n) is 1.67. The average Bonchev–Trinajstić information content (AvgIpc) is 2.73. The van der Waals surface area contributed by atoms with E-state index in [4.69, 9.17) is 4.52 Å². The Morgan fingerprint density at radius 3 is 2.75 bits per heavy atom. The second-order valence-electron chi connectivity index (χ2n) is 4.07. The zero-order valence-electron chi connectivity index (χ0n) is 10.6. The predicted octanol–water partition coefficient (Wildman–Crippen LogP) is 2.34. The van der Waals surface area contributed by atoms with Crippen molar-refractivity contribution < 1.29 is 4.52 Å². The Morgan fingerprint density at radius 2 is 2.12 bits per heavy atom. The fourth-order valence-corrected chi connectivity index (χ4v) is 1.67. The summed E-state index contributed by atoms with van der Waals surface area (Å²) in [7, 11) is 0. The lowest BCUT2D eigenvalue weighted by atomic mass is 10.1. The second-order valence-corrected chi connectivity index (χ2v) is 4.07. The highest BCUT2D eigenvalue weighted by atomic mass is 16.5. The summed E-state index contributed by atoms with van der Waals surface area (Å²) in [5.41, 5.74) is 0. The largest absolute Gasteiger partial charge is 0.339 e. The number of unbranched alkanes of at least 4 members (excludes halogenated alkanes) is 1. The van der Waals surface area contributed by atoms with Gasteiger partial charge in [0.15, 0.2) is 5.82 Å². The van der Waals surface area contributed by atoms with Crippen LogP contribution in [-0.4, -0.2) is 22.7 Å². The molecule has 0 amide bonds. The van der Waals surface area contributed by atoms with Gasteiger partial charge in [-0.2, -0.15) is 4.98 Å². The van der Waals surface area contributed by atoms with Crippen molar-refractivity contribution in [2.45, 2.75) is 58.9 Å². The Hall–Kier alpha value is -0.900. The Labute approximate surface area is 97.8 Å². The second kappa shape index (κ2) is 7.39. The van der Waals surface area contributed by atoms with E-state index < -0.39 is 0 Å². The first-order chi connectivity index (χ1) is 7.80. The third kappa shape index (κ3) is 4.31. The van der Waals surface area contributed by atoms with Gasteiger partial charge >= 0.3 is 0 Å². The number of likely N-dealkylation sites (N-methyl/N-ethyl adjacent to an activating group) is 1. The molecule has 1 unspecified atom stereocenters. The van der Waals surface area contributed by atoms with Crippen molar-refractivity contribution in [1.29, 1.82) is 0 Å². The number of rotatable bonds is 8. The highest BCUT2D eigenvalue weighted by molar-refractivity contribution is 4.89. The van der Waals surface area contributed by atoms with Gasteiger partial charge in [0.25, 0.3) is 0 Å². The number of hydrogen-bond acceptors (Lipinski definition) is 4. The van der Waals surface area contributed by atoms with Crippen LogP contribution in [0.3, 0.4) is 0 Å². The van der Waals surface area contributed by atoms with Crippen LogP contribution in [0.5, 0.6) is 0 Å². The van der Waals surface area contributed by atoms with E-state index in [1.54, 1.807) is 0 Å². The molecule has 1 aromatic heterocycles. The van der Waals surface area contributed by atoms with E-state index in [2.05, 4.69) is 36.2 Å². The molecule has 0 aliphatic carbocycles. The zero-order valence-corrected chi connectivity index (χ0v) is 10.6. The Bertz CT molecular complexity index is 286. The Kier molecular flexibility index (Phi) is 6.08. The molecule has 0 spiro atoms. The van der Waals surface area contributed by atoms with Crippen LogP contribution in [0.1, 0.15) is 51.7 Å². The minimum absolute atomic E-state index is 0.449. The summed E-state index contributed by atoms with van der Waals surface area (Å²) in [6.07, 6.45) is 5.14. The third-order valence-electron chi connectivity index (χ3n) is 2.67. The van der Waals surface area contributed by atoms with Gasteiger partial charge in [-0.15, -0.1) is 0 Å². The fraction of sp³-hybridized carbons (Fsp3) is 0.833. The lowest BCUT2D eigenvalue weighted by Gasteiger charge is -2.12. The molecule has 0 saturated heterocycles. The van der Waals surface area contributed by atoms with Crippen molar-refractivity contribution in [2.24, 2.45) is 0 Å². The standard InChI is InChI=1S/C12H23N3O/c1-4-7-8-11-14-12(16-15-11)9-10(5-2)13-6-3/h10,13H,4-9H2,1-3H3. The van der Waals surface area contributed by atoms with Gasteiger partial charge in [0, 0.05) is 18.9 Å². The van der Waals surface area contributed by atoms with Gasteiger partial charge in [-0.25, -0.2) is 0 Å². The molecule has 16 heavy (non-hydrogen) atoms. The van der Waals surface area contributed by atoms with E-state index in [1.165, 1.54) is 6.42 Å². The molecule has 92 valence electrons. The van der Waals surface area contributed by atoms with Gasteiger partial charge in [-0.1, -0.05) is 32.3 Å². The summed E-state index contributed by atoms with van der Waals surface area (Å²) in [5, 5.41) is 7.39. The monoisotopic (exact) mass is 225 g/mol. The smallest absolute Gasteiger partial charge is 0.228 e. The van der Waals surface area contributed by atoms with Crippen LogP contribution in [-0.2, 0) is 12.8 Å². The minimum atomic E-state index is 0.449. The lowest BCUT2D eigenvalue weighted by Crippen LogP contribution is -2.30. The van der Waals surface area contributed by atoms with Crippen LogP contribution in [0, 0.1) is 0 Å². The number of aryl methyl sites for hydroxylation is 1. The normalized spacial score (nSPS) is 12.9. The molecular weight excluding hydrogens is 202 g/mol. The molecule has 1 N–H and O–H groups in total. The summed E-state index contributed by atoms with van der Waals surface area (Å²) in [6.45, 7) is 7.43. The zero-order chi connectivity index (χ0) is 11.8. The van der Waals surface area contributed by atoms with Gasteiger partial charge in [-0.3, -0.25) is 0 Å². The first-order valence-electron chi connectivity index (χ1n) is 6.34. The van der Waals surface area contributed by atoms with Crippen LogP contribution in [0.2, 0.25) is 0 Å². The van der Waals surface area contributed by atoms with Crippen molar-refractivity contribution in [3.05, 3.63) is 11.7 Å². The molecule has 0 fully saturated rings. The van der Waals surface area contributed by atoms with Gasteiger partial charge in [0.05, 0.1) is 0 Å². The van der Waals surface area contributed by atoms with Crippen LogP contribution in [0.4, 0.5) is 0 Å². The van der Waals surface area contributed by atoms with E-state index in [-0.39, 0.29) is 0 Å². The number of nitrogens with zero attached hydrogens (tertiary/aromatic N) is 2. The third-order valence-corrected chi connectivity index (χ3v) is 2.67. The molecule has 0 bridgehead atoms. The molecule has 1 rings (SSSR count). The molecule has 1 atom stereocenters. The number of hydrogen-bond donors (Lipinski definition) is 1. The van der Waals surface area contributed by atoms with Gasteiger partial charge in [-0.05, 0) is 19.4 Å². The molecule has 0 aliphatic rings. The molecule has 0 aliphatic heterocycles. The van der Waals surface area contributed by atoms with Crippen LogP contribution in [0.15, 0.2) is 4.52 Å². The molecule has 0 radical (unpaired) electrons. The van der Waals surface area contributed by atoms with Crippen LogP contribution < -0.4 is 5.32 Å². The van der Waals surface area contributed by atoms with Crippen LogP contribution >= 0.6 is 0 Å². The summed E-state index contributed by atoms with van der Waals surface area (Å²) in [5.74, 6) is 1.61. The van der Waals surface area contributed by atoms with E-state index in [0.717, 1.165) is 43.9 Å². The van der Waals surface area contributed by atoms with Gasteiger partial charge < -0.3 is 9.84 Å². The summed E-state index contributed by atoms with van der Waals surface area (Å²) in [6, 6.07) is 0.449. The quantitative estimate of drug-likeness (QED) is 0.738. The molecular formula is C12H23N3O. The number of nitrogens with one attached hydrogen (secondary N) is 1.